The van der Waals surface area contributed by atoms with Crippen LogP contribution in [0.15, 0.2) is 24.3 Å². The lowest BCUT2D eigenvalue weighted by Crippen LogP contribution is -2.49. The van der Waals surface area contributed by atoms with Gasteiger partial charge < -0.3 is 11.1 Å². The third kappa shape index (κ3) is 4.03. The van der Waals surface area contributed by atoms with Crippen LogP contribution in [-0.2, 0) is 4.79 Å². The number of hydrogen-bond acceptors (Lipinski definition) is 2. The van der Waals surface area contributed by atoms with Crippen LogP contribution in [0.2, 0.25) is 0 Å². The minimum Gasteiger partial charge on any atom is -0.349 e. The van der Waals surface area contributed by atoms with Gasteiger partial charge in [-0.2, -0.15) is 0 Å². The van der Waals surface area contributed by atoms with E-state index >= 15 is 0 Å². The summed E-state index contributed by atoms with van der Waals surface area (Å²) in [6, 6.07) is 9.21. The minimum atomic E-state index is 0. The fourth-order valence-electron chi connectivity index (χ4n) is 4.95. The Kier molecular flexibility index (Phi) is 5.75. The maximum atomic E-state index is 13.0. The summed E-state index contributed by atoms with van der Waals surface area (Å²) in [5, 5.41) is 3.41. The normalized spacial score (nSPS) is 32.4. The van der Waals surface area contributed by atoms with Crippen LogP contribution in [0.25, 0.3) is 0 Å². The number of halogens is 1. The van der Waals surface area contributed by atoms with Crippen molar-refractivity contribution in [2.75, 3.05) is 0 Å². The summed E-state index contributed by atoms with van der Waals surface area (Å²) in [5.74, 6) is 2.20. The highest BCUT2D eigenvalue weighted by atomic mass is 35.5. The highest BCUT2D eigenvalue weighted by Gasteiger charge is 2.42. The predicted molar refractivity (Wildman–Crippen MR) is 104 cm³/mol. The lowest BCUT2D eigenvalue weighted by molar-refractivity contribution is -0.128. The number of amides is 1. The van der Waals surface area contributed by atoms with Crippen molar-refractivity contribution >= 4 is 18.3 Å². The zero-order valence-corrected chi connectivity index (χ0v) is 15.9. The molecule has 3 nitrogen and oxygen atoms in total. The van der Waals surface area contributed by atoms with E-state index in [1.54, 1.807) is 0 Å². The lowest BCUT2D eigenvalue weighted by atomic mass is 9.65. The molecular formula is C21H31ClN2O. The largest absolute Gasteiger partial charge is 0.349 e. The monoisotopic (exact) mass is 362 g/mol. The number of rotatable bonds is 4. The molecule has 3 N–H and O–H groups in total. The van der Waals surface area contributed by atoms with Crippen molar-refractivity contribution in [3.63, 3.8) is 0 Å². The molecule has 0 radical (unpaired) electrons. The zero-order valence-electron chi connectivity index (χ0n) is 15.1. The number of carbonyl (C=O) groups excluding carboxylic acids is 1. The number of nitrogens with one attached hydrogen (secondary N) is 1. The summed E-state index contributed by atoms with van der Waals surface area (Å²) in [6.07, 6.45) is 8.19. The Balaban J connectivity index is 0.00000182. The van der Waals surface area contributed by atoms with Crippen molar-refractivity contribution < 1.29 is 4.79 Å². The highest BCUT2D eigenvalue weighted by Crippen LogP contribution is 2.44. The van der Waals surface area contributed by atoms with Crippen LogP contribution >= 0.6 is 12.4 Å². The van der Waals surface area contributed by atoms with Crippen molar-refractivity contribution in [3.05, 3.63) is 35.4 Å². The molecule has 1 aromatic rings. The van der Waals surface area contributed by atoms with Gasteiger partial charge in [-0.1, -0.05) is 36.2 Å². The van der Waals surface area contributed by atoms with Gasteiger partial charge in [-0.15, -0.1) is 12.4 Å². The maximum Gasteiger partial charge on any atom is 0.223 e. The molecule has 0 spiro atoms. The van der Waals surface area contributed by atoms with Crippen molar-refractivity contribution in [1.82, 2.24) is 5.32 Å². The van der Waals surface area contributed by atoms with Gasteiger partial charge in [-0.3, -0.25) is 4.79 Å². The SMILES string of the molecule is Cc1ccc(C(NC(=O)C2CC3CCCC(C2)C3N)C2CC2)cc1.Cl. The maximum absolute atomic E-state index is 13.0. The van der Waals surface area contributed by atoms with E-state index in [1.807, 2.05) is 0 Å². The second kappa shape index (κ2) is 7.67. The standard InChI is InChI=1S/C21H30N2O.ClH/c1-13-5-7-14(8-6-13)20(15-9-10-15)23-21(24)18-11-16-3-2-4-17(12-18)19(16)22;/h5-8,15-20H,2-4,9-12,22H2,1H3,(H,23,24);1H. The van der Waals surface area contributed by atoms with Gasteiger partial charge in [0.15, 0.2) is 0 Å². The summed E-state index contributed by atoms with van der Waals surface area (Å²) >= 11 is 0. The third-order valence-electron chi connectivity index (χ3n) is 6.61. The van der Waals surface area contributed by atoms with E-state index in [4.69, 9.17) is 5.73 Å². The molecule has 25 heavy (non-hydrogen) atoms. The Bertz CT molecular complexity index is 584. The van der Waals surface area contributed by atoms with Gasteiger partial charge in [0, 0.05) is 12.0 Å². The Morgan fingerprint density at radius 2 is 1.68 bits per heavy atom. The van der Waals surface area contributed by atoms with Crippen LogP contribution in [0.5, 0.6) is 0 Å². The van der Waals surface area contributed by atoms with Gasteiger partial charge >= 0.3 is 0 Å². The first-order valence-corrected chi connectivity index (χ1v) is 9.74. The van der Waals surface area contributed by atoms with Gasteiger partial charge in [-0.05, 0) is 68.8 Å². The van der Waals surface area contributed by atoms with Crippen LogP contribution in [0.1, 0.15) is 62.1 Å². The molecule has 3 unspecified atom stereocenters. The summed E-state index contributed by atoms with van der Waals surface area (Å²) in [4.78, 5) is 13.0. The van der Waals surface area contributed by atoms with E-state index in [9.17, 15) is 4.79 Å². The second-order valence-corrected chi connectivity index (χ2v) is 8.43. The molecule has 1 amide bonds. The van der Waals surface area contributed by atoms with E-state index in [2.05, 4.69) is 36.5 Å². The second-order valence-electron chi connectivity index (χ2n) is 8.43. The number of fused-ring (bicyclic) bond motifs is 2. The molecule has 3 fully saturated rings. The molecule has 4 heteroatoms. The number of carbonyl (C=O) groups is 1. The van der Waals surface area contributed by atoms with Crippen molar-refractivity contribution in [1.29, 1.82) is 0 Å². The predicted octanol–water partition coefficient (Wildman–Crippen LogP) is 4.14. The molecular weight excluding hydrogens is 332 g/mol. The molecule has 4 rings (SSSR count). The van der Waals surface area contributed by atoms with E-state index in [1.165, 1.54) is 43.2 Å². The van der Waals surface area contributed by atoms with E-state index in [0.717, 1.165) is 12.8 Å². The summed E-state index contributed by atoms with van der Waals surface area (Å²) in [7, 11) is 0. The van der Waals surface area contributed by atoms with E-state index < -0.39 is 0 Å². The number of aryl methyl sites for hydroxylation is 1. The summed E-state index contributed by atoms with van der Waals surface area (Å²) < 4.78 is 0. The minimum absolute atomic E-state index is 0. The van der Waals surface area contributed by atoms with Crippen LogP contribution in [-0.4, -0.2) is 11.9 Å². The fraction of sp³-hybridized carbons (Fsp3) is 0.667. The third-order valence-corrected chi connectivity index (χ3v) is 6.61. The quantitative estimate of drug-likeness (QED) is 0.845. The molecule has 0 saturated heterocycles. The average Bonchev–Trinajstić information content (AvgIpc) is 3.38. The van der Waals surface area contributed by atoms with Gasteiger partial charge in [-0.25, -0.2) is 0 Å². The first kappa shape index (κ1) is 18.7. The topological polar surface area (TPSA) is 55.1 Å². The Hall–Kier alpha value is -1.06. The van der Waals surface area contributed by atoms with Crippen LogP contribution in [0.3, 0.4) is 0 Å². The van der Waals surface area contributed by atoms with Crippen LogP contribution < -0.4 is 11.1 Å². The Labute approximate surface area is 157 Å². The van der Waals surface area contributed by atoms with E-state index in [-0.39, 0.29) is 30.3 Å². The first-order valence-electron chi connectivity index (χ1n) is 9.74. The van der Waals surface area contributed by atoms with Gasteiger partial charge in [0.1, 0.15) is 0 Å². The number of hydrogen-bond donors (Lipinski definition) is 2. The van der Waals surface area contributed by atoms with Crippen molar-refractivity contribution in [2.45, 2.75) is 64.0 Å². The van der Waals surface area contributed by atoms with Gasteiger partial charge in [0.25, 0.3) is 0 Å². The zero-order chi connectivity index (χ0) is 16.7. The molecule has 0 heterocycles. The number of nitrogens with two attached hydrogens (primary N) is 1. The molecule has 0 aromatic heterocycles. The molecule has 0 aliphatic heterocycles. The fourth-order valence-corrected chi connectivity index (χ4v) is 4.95. The molecule has 3 saturated carbocycles. The Morgan fingerprint density at radius 1 is 1.08 bits per heavy atom. The molecule has 3 atom stereocenters. The van der Waals surface area contributed by atoms with E-state index in [0.29, 0.717) is 23.8 Å². The summed E-state index contributed by atoms with van der Waals surface area (Å²) in [6.45, 7) is 2.11. The average molecular weight is 363 g/mol. The van der Waals surface area contributed by atoms with Crippen LogP contribution in [0.4, 0.5) is 0 Å². The molecule has 138 valence electrons. The lowest BCUT2D eigenvalue weighted by Gasteiger charge is -2.43. The van der Waals surface area contributed by atoms with Gasteiger partial charge in [0.05, 0.1) is 6.04 Å². The Morgan fingerprint density at radius 3 is 2.24 bits per heavy atom. The van der Waals surface area contributed by atoms with Crippen molar-refractivity contribution in [3.8, 4) is 0 Å². The molecule has 1 aromatic carbocycles. The smallest absolute Gasteiger partial charge is 0.223 e. The van der Waals surface area contributed by atoms with Crippen LogP contribution in [0, 0.1) is 30.6 Å². The first-order chi connectivity index (χ1) is 11.6. The molecule has 3 aliphatic rings. The molecule has 2 bridgehead atoms. The molecule has 3 aliphatic carbocycles. The number of benzene rings is 1. The highest BCUT2D eigenvalue weighted by molar-refractivity contribution is 5.85. The van der Waals surface area contributed by atoms with Crippen molar-refractivity contribution in [2.24, 2.45) is 29.4 Å². The van der Waals surface area contributed by atoms with Gasteiger partial charge in [0.2, 0.25) is 5.91 Å². The summed E-state index contributed by atoms with van der Waals surface area (Å²) in [5.41, 5.74) is 8.92.